The molecule has 0 bridgehead atoms. The van der Waals surface area contributed by atoms with Crippen LogP contribution in [-0.2, 0) is 14.3 Å². The first kappa shape index (κ1) is 15.9. The van der Waals surface area contributed by atoms with E-state index in [9.17, 15) is 14.4 Å². The minimum absolute atomic E-state index is 0.0129. The zero-order valence-electron chi connectivity index (χ0n) is 13.1. The second-order valence-corrected chi connectivity index (χ2v) is 5.81. The van der Waals surface area contributed by atoms with E-state index in [1.165, 1.54) is 19.1 Å². The van der Waals surface area contributed by atoms with Crippen LogP contribution in [0.4, 0.5) is 0 Å². The lowest BCUT2D eigenvalue weighted by atomic mass is 9.89. The Balaban J connectivity index is 2.45. The highest BCUT2D eigenvalue weighted by atomic mass is 16.5. The topological polar surface area (TPSA) is 69.7 Å². The van der Waals surface area contributed by atoms with Crippen molar-refractivity contribution >= 4 is 17.5 Å². The maximum absolute atomic E-state index is 12.7. The minimum atomic E-state index is -0.625. The largest absolute Gasteiger partial charge is 0.491 e. The standard InChI is InChI=1S/C17H18O5/c1-10-15(13(19)9-17(3,4)22-10)16(20)12-7-5-6-8-14(12)21-11(2)18/h5-8H,9H2,1-4H3. The summed E-state index contributed by atoms with van der Waals surface area (Å²) in [6, 6.07) is 6.34. The average molecular weight is 302 g/mol. The number of carbonyl (C=O) groups excluding carboxylic acids is 3. The van der Waals surface area contributed by atoms with E-state index < -0.39 is 17.4 Å². The smallest absolute Gasteiger partial charge is 0.308 e. The molecule has 0 spiro atoms. The number of hydrogen-bond donors (Lipinski definition) is 0. The zero-order chi connectivity index (χ0) is 16.5. The normalized spacial score (nSPS) is 17.0. The van der Waals surface area contributed by atoms with Crippen LogP contribution in [0.5, 0.6) is 5.75 Å². The van der Waals surface area contributed by atoms with Gasteiger partial charge in [0, 0.05) is 6.92 Å². The van der Waals surface area contributed by atoms with Gasteiger partial charge < -0.3 is 9.47 Å². The van der Waals surface area contributed by atoms with E-state index in [0.29, 0.717) is 5.76 Å². The molecule has 116 valence electrons. The molecule has 0 saturated carbocycles. The number of rotatable bonds is 3. The van der Waals surface area contributed by atoms with Gasteiger partial charge in [0.1, 0.15) is 22.7 Å². The first-order chi connectivity index (χ1) is 10.2. The van der Waals surface area contributed by atoms with Crippen molar-refractivity contribution in [3.8, 4) is 5.75 Å². The van der Waals surface area contributed by atoms with E-state index in [1.54, 1.807) is 32.9 Å². The molecule has 0 aliphatic carbocycles. The summed E-state index contributed by atoms with van der Waals surface area (Å²) in [6.07, 6.45) is 0.126. The summed E-state index contributed by atoms with van der Waals surface area (Å²) in [7, 11) is 0. The molecule has 0 N–H and O–H groups in total. The van der Waals surface area contributed by atoms with Gasteiger partial charge in [0.25, 0.3) is 0 Å². The Morgan fingerprint density at radius 2 is 1.86 bits per heavy atom. The van der Waals surface area contributed by atoms with Gasteiger partial charge >= 0.3 is 5.97 Å². The zero-order valence-corrected chi connectivity index (χ0v) is 13.1. The molecular weight excluding hydrogens is 284 g/mol. The van der Waals surface area contributed by atoms with Crippen molar-refractivity contribution in [3.05, 3.63) is 41.2 Å². The number of carbonyl (C=O) groups is 3. The lowest BCUT2D eigenvalue weighted by molar-refractivity contribution is -0.131. The number of hydrogen-bond acceptors (Lipinski definition) is 5. The van der Waals surface area contributed by atoms with Crippen molar-refractivity contribution in [2.75, 3.05) is 0 Å². The molecule has 0 amide bonds. The van der Waals surface area contributed by atoms with Crippen LogP contribution < -0.4 is 4.74 Å². The van der Waals surface area contributed by atoms with Crippen molar-refractivity contribution in [1.29, 1.82) is 0 Å². The molecule has 0 saturated heterocycles. The fraction of sp³-hybridized carbons (Fsp3) is 0.353. The van der Waals surface area contributed by atoms with Crippen LogP contribution >= 0.6 is 0 Å². The first-order valence-electron chi connectivity index (χ1n) is 6.96. The van der Waals surface area contributed by atoms with E-state index in [-0.39, 0.29) is 29.1 Å². The lowest BCUT2D eigenvalue weighted by Gasteiger charge is -2.31. The number of para-hydroxylation sites is 1. The molecule has 2 rings (SSSR count). The highest BCUT2D eigenvalue weighted by Crippen LogP contribution is 2.32. The van der Waals surface area contributed by atoms with Crippen LogP contribution in [0.1, 0.15) is 44.5 Å². The van der Waals surface area contributed by atoms with Crippen molar-refractivity contribution in [2.24, 2.45) is 0 Å². The van der Waals surface area contributed by atoms with Gasteiger partial charge in [-0.1, -0.05) is 12.1 Å². The van der Waals surface area contributed by atoms with Crippen LogP contribution in [-0.4, -0.2) is 23.1 Å². The molecule has 1 aromatic carbocycles. The highest BCUT2D eigenvalue weighted by Gasteiger charge is 2.36. The number of ether oxygens (including phenoxy) is 2. The van der Waals surface area contributed by atoms with Crippen LogP contribution in [0, 0.1) is 0 Å². The maximum atomic E-state index is 12.7. The van der Waals surface area contributed by atoms with Gasteiger partial charge in [-0.3, -0.25) is 14.4 Å². The number of benzene rings is 1. The molecule has 0 aromatic heterocycles. The molecule has 0 atom stereocenters. The van der Waals surface area contributed by atoms with Crippen molar-refractivity contribution in [3.63, 3.8) is 0 Å². The number of ketones is 2. The maximum Gasteiger partial charge on any atom is 0.308 e. The summed E-state index contributed by atoms with van der Waals surface area (Å²) in [5, 5.41) is 0. The van der Waals surface area contributed by atoms with Gasteiger partial charge in [0.2, 0.25) is 5.78 Å². The van der Waals surface area contributed by atoms with E-state index >= 15 is 0 Å². The molecule has 1 aliphatic rings. The molecule has 5 nitrogen and oxygen atoms in total. The van der Waals surface area contributed by atoms with Crippen LogP contribution in [0.3, 0.4) is 0 Å². The van der Waals surface area contributed by atoms with Crippen LogP contribution in [0.25, 0.3) is 0 Å². The Hall–Kier alpha value is -2.43. The Morgan fingerprint density at radius 1 is 1.23 bits per heavy atom. The summed E-state index contributed by atoms with van der Waals surface area (Å²) in [4.78, 5) is 36.1. The van der Waals surface area contributed by atoms with Gasteiger partial charge in [-0.25, -0.2) is 0 Å². The fourth-order valence-electron chi connectivity index (χ4n) is 2.49. The van der Waals surface area contributed by atoms with Crippen molar-refractivity contribution in [2.45, 2.75) is 39.7 Å². The van der Waals surface area contributed by atoms with E-state index in [2.05, 4.69) is 0 Å². The third-order valence-electron chi connectivity index (χ3n) is 3.26. The van der Waals surface area contributed by atoms with Crippen molar-refractivity contribution in [1.82, 2.24) is 0 Å². The van der Waals surface area contributed by atoms with Gasteiger partial charge in [-0.15, -0.1) is 0 Å². The quantitative estimate of drug-likeness (QED) is 0.371. The third kappa shape index (κ3) is 3.24. The molecule has 1 heterocycles. The number of allylic oxidation sites excluding steroid dienone is 2. The van der Waals surface area contributed by atoms with Gasteiger partial charge in [-0.05, 0) is 32.9 Å². The second kappa shape index (κ2) is 5.75. The lowest BCUT2D eigenvalue weighted by Crippen LogP contribution is -2.35. The third-order valence-corrected chi connectivity index (χ3v) is 3.26. The molecule has 22 heavy (non-hydrogen) atoms. The SMILES string of the molecule is CC(=O)Oc1ccccc1C(=O)C1=C(C)OC(C)(C)CC1=O. The summed E-state index contributed by atoms with van der Waals surface area (Å²) in [5.74, 6) is -0.855. The first-order valence-corrected chi connectivity index (χ1v) is 6.96. The number of Topliss-reactive ketones (excluding diaryl/α,β-unsaturated/α-hetero) is 2. The van der Waals surface area contributed by atoms with Gasteiger partial charge in [-0.2, -0.15) is 0 Å². The average Bonchev–Trinajstić information content (AvgIpc) is 2.35. The molecule has 1 aliphatic heterocycles. The molecular formula is C17H18O5. The van der Waals surface area contributed by atoms with Crippen molar-refractivity contribution < 1.29 is 23.9 Å². The number of esters is 1. The summed E-state index contributed by atoms with van der Waals surface area (Å²) in [6.45, 7) is 6.44. The van der Waals surface area contributed by atoms with E-state index in [1.807, 2.05) is 0 Å². The molecule has 0 fully saturated rings. The van der Waals surface area contributed by atoms with Crippen LogP contribution in [0.2, 0.25) is 0 Å². The molecule has 0 unspecified atom stereocenters. The second-order valence-electron chi connectivity index (χ2n) is 5.81. The molecule has 5 heteroatoms. The van der Waals surface area contributed by atoms with E-state index in [0.717, 1.165) is 0 Å². The van der Waals surface area contributed by atoms with Crippen LogP contribution in [0.15, 0.2) is 35.6 Å². The molecule has 1 aromatic rings. The summed E-state index contributed by atoms with van der Waals surface area (Å²) >= 11 is 0. The Bertz CT molecular complexity index is 682. The summed E-state index contributed by atoms with van der Waals surface area (Å²) in [5.41, 5.74) is -0.442. The molecule has 0 radical (unpaired) electrons. The monoisotopic (exact) mass is 302 g/mol. The minimum Gasteiger partial charge on any atom is -0.491 e. The summed E-state index contributed by atoms with van der Waals surface area (Å²) < 4.78 is 10.7. The highest BCUT2D eigenvalue weighted by molar-refractivity contribution is 6.27. The van der Waals surface area contributed by atoms with Gasteiger partial charge in [0.05, 0.1) is 12.0 Å². The Labute approximate surface area is 128 Å². The van der Waals surface area contributed by atoms with Gasteiger partial charge in [0.15, 0.2) is 5.78 Å². The van der Waals surface area contributed by atoms with E-state index in [4.69, 9.17) is 9.47 Å². The predicted molar refractivity (Wildman–Crippen MR) is 79.6 cm³/mol. The Kier molecular flexibility index (Phi) is 4.17. The predicted octanol–water partition coefficient (Wildman–Crippen LogP) is 2.84. The fourth-order valence-corrected chi connectivity index (χ4v) is 2.49. The Morgan fingerprint density at radius 3 is 2.45 bits per heavy atom.